The van der Waals surface area contributed by atoms with Crippen molar-refractivity contribution in [3.63, 3.8) is 0 Å². The molecule has 0 spiro atoms. The Morgan fingerprint density at radius 1 is 1.30 bits per heavy atom. The van der Waals surface area contributed by atoms with Crippen molar-refractivity contribution in [1.29, 1.82) is 0 Å². The van der Waals surface area contributed by atoms with Gasteiger partial charge >= 0.3 is 5.69 Å². The third-order valence-corrected chi connectivity index (χ3v) is 8.36. The van der Waals surface area contributed by atoms with Crippen molar-refractivity contribution in [3.8, 4) is 0 Å². The van der Waals surface area contributed by atoms with Gasteiger partial charge < -0.3 is 9.64 Å². The Kier molecular flexibility index (Phi) is 4.69. The van der Waals surface area contributed by atoms with E-state index in [2.05, 4.69) is 12.1 Å². The average molecular weight is 409 g/mol. The Morgan fingerprint density at radius 3 is 2.70 bits per heavy atom. The molecule has 1 aromatic carbocycles. The maximum Gasteiger partial charge on any atom is 0.305 e. The van der Waals surface area contributed by atoms with Gasteiger partial charge in [0.2, 0.25) is 0 Å². The predicted octanol–water partition coefficient (Wildman–Crippen LogP) is 3.07. The van der Waals surface area contributed by atoms with Gasteiger partial charge in [-0.15, -0.1) is 0 Å². The Bertz CT molecular complexity index is 957. The van der Waals surface area contributed by atoms with Gasteiger partial charge in [-0.05, 0) is 12.0 Å². The summed E-state index contributed by atoms with van der Waals surface area (Å²) in [4.78, 5) is 13.2. The summed E-state index contributed by atoms with van der Waals surface area (Å²) in [6.45, 7) is 1.84. The van der Waals surface area contributed by atoms with E-state index in [1.807, 2.05) is 23.1 Å². The van der Waals surface area contributed by atoms with Crippen molar-refractivity contribution >= 4 is 31.9 Å². The van der Waals surface area contributed by atoms with Crippen molar-refractivity contribution in [3.05, 3.63) is 52.1 Å². The van der Waals surface area contributed by atoms with Crippen LogP contribution < -0.4 is 4.90 Å². The quantitative estimate of drug-likeness (QED) is 0.570. The predicted molar refractivity (Wildman–Crippen MR) is 103 cm³/mol. The van der Waals surface area contributed by atoms with Gasteiger partial charge in [0.1, 0.15) is 4.21 Å². The molecule has 3 unspecified atom stereocenters. The number of hydrogen-bond donors (Lipinski definition) is 0. The number of nitro groups is 1. The summed E-state index contributed by atoms with van der Waals surface area (Å²) in [6, 6.07) is 11.4. The molecule has 0 radical (unpaired) electrons. The summed E-state index contributed by atoms with van der Waals surface area (Å²) in [7, 11) is -3.50. The van der Waals surface area contributed by atoms with Crippen molar-refractivity contribution in [2.45, 2.75) is 22.6 Å². The number of anilines is 1. The number of rotatable bonds is 4. The molecule has 2 aromatic rings. The third kappa shape index (κ3) is 3.35. The van der Waals surface area contributed by atoms with Gasteiger partial charge in [0.15, 0.2) is 14.8 Å². The zero-order chi connectivity index (χ0) is 19.2. The van der Waals surface area contributed by atoms with Gasteiger partial charge in [0.25, 0.3) is 0 Å². The van der Waals surface area contributed by atoms with Gasteiger partial charge in [-0.1, -0.05) is 41.7 Å². The number of hydrogen-bond acceptors (Lipinski definition) is 7. The molecule has 1 aromatic heterocycles. The van der Waals surface area contributed by atoms with Crippen LogP contribution >= 0.6 is 11.3 Å². The van der Waals surface area contributed by atoms with Crippen LogP contribution in [0.3, 0.4) is 0 Å². The van der Waals surface area contributed by atoms with Gasteiger partial charge in [0.05, 0.1) is 11.5 Å². The van der Waals surface area contributed by atoms with E-state index in [1.54, 1.807) is 0 Å². The number of sulfone groups is 1. The van der Waals surface area contributed by atoms with E-state index in [0.717, 1.165) is 24.0 Å². The lowest BCUT2D eigenvalue weighted by Crippen LogP contribution is -2.38. The van der Waals surface area contributed by atoms with Crippen LogP contribution in [-0.4, -0.2) is 45.4 Å². The standard InChI is InChI=1S/C18H20N2O5S2/c1-27(23,24)17-9-16(20(21)22)18(26-17)19-10-13(12-5-3-2-4-6-12)14-11-25-8-7-15(14)19/h2-6,9,13-15H,7-8,10-11H2,1H3. The van der Waals surface area contributed by atoms with Crippen LogP contribution in [0.5, 0.6) is 0 Å². The molecule has 0 N–H and O–H groups in total. The fourth-order valence-corrected chi connectivity index (χ4v) is 6.25. The van der Waals surface area contributed by atoms with Crippen LogP contribution in [0.4, 0.5) is 10.7 Å². The summed E-state index contributed by atoms with van der Waals surface area (Å²) in [5, 5.41) is 12.0. The van der Waals surface area contributed by atoms with E-state index in [0.29, 0.717) is 24.8 Å². The molecule has 2 fully saturated rings. The average Bonchev–Trinajstić information content (AvgIpc) is 3.24. The normalized spacial score (nSPS) is 25.4. The lowest BCUT2D eigenvalue weighted by atomic mass is 9.84. The first-order chi connectivity index (χ1) is 12.9. The highest BCUT2D eigenvalue weighted by atomic mass is 32.2. The maximum atomic E-state index is 12.0. The smallest absolute Gasteiger partial charge is 0.305 e. The summed E-state index contributed by atoms with van der Waals surface area (Å²) >= 11 is 1.00. The molecule has 0 aliphatic carbocycles. The Balaban J connectivity index is 1.77. The second-order valence-corrected chi connectivity index (χ2v) is 10.3. The number of thiophene rings is 1. The van der Waals surface area contributed by atoms with E-state index in [9.17, 15) is 18.5 Å². The van der Waals surface area contributed by atoms with E-state index in [4.69, 9.17) is 4.74 Å². The minimum Gasteiger partial charge on any atom is -0.381 e. The molecular formula is C18H20N2O5S2. The second kappa shape index (κ2) is 6.88. The van der Waals surface area contributed by atoms with Gasteiger partial charge in [-0.25, -0.2) is 8.42 Å². The van der Waals surface area contributed by atoms with Crippen molar-refractivity contribution < 1.29 is 18.1 Å². The molecule has 2 aliphatic heterocycles. The number of ether oxygens (including phenoxy) is 1. The molecule has 2 aliphatic rings. The van der Waals surface area contributed by atoms with Crippen molar-refractivity contribution in [2.75, 3.05) is 30.9 Å². The Morgan fingerprint density at radius 2 is 2.04 bits per heavy atom. The van der Waals surface area contributed by atoms with Crippen LogP contribution in [0.1, 0.15) is 17.9 Å². The van der Waals surface area contributed by atoms with E-state index >= 15 is 0 Å². The number of benzene rings is 1. The highest BCUT2D eigenvalue weighted by molar-refractivity contribution is 7.92. The zero-order valence-electron chi connectivity index (χ0n) is 14.8. The minimum atomic E-state index is -3.50. The minimum absolute atomic E-state index is 0.0379. The van der Waals surface area contributed by atoms with Crippen LogP contribution in [-0.2, 0) is 14.6 Å². The first kappa shape index (κ1) is 18.4. The molecule has 3 heterocycles. The molecule has 4 rings (SSSR count). The molecule has 0 saturated carbocycles. The largest absolute Gasteiger partial charge is 0.381 e. The van der Waals surface area contributed by atoms with E-state index in [1.165, 1.54) is 11.6 Å². The van der Waals surface area contributed by atoms with Gasteiger partial charge in [-0.3, -0.25) is 10.1 Å². The lowest BCUT2D eigenvalue weighted by molar-refractivity contribution is -0.383. The molecule has 7 nitrogen and oxygen atoms in total. The molecule has 3 atom stereocenters. The van der Waals surface area contributed by atoms with Crippen LogP contribution in [0.25, 0.3) is 0 Å². The zero-order valence-corrected chi connectivity index (χ0v) is 16.4. The van der Waals surface area contributed by atoms with Gasteiger partial charge in [-0.2, -0.15) is 0 Å². The van der Waals surface area contributed by atoms with Crippen LogP contribution in [0.2, 0.25) is 0 Å². The Labute approximate surface area is 161 Å². The lowest BCUT2D eigenvalue weighted by Gasteiger charge is -2.32. The monoisotopic (exact) mass is 408 g/mol. The fourth-order valence-electron chi connectivity index (χ4n) is 4.16. The SMILES string of the molecule is CS(=O)(=O)c1cc([N+](=O)[O-])c(N2CC(c3ccccc3)C3COCCC32)s1. The molecule has 144 valence electrons. The summed E-state index contributed by atoms with van der Waals surface area (Å²) in [6.07, 6.45) is 1.86. The van der Waals surface area contributed by atoms with E-state index in [-0.39, 0.29) is 27.8 Å². The molecule has 9 heteroatoms. The topological polar surface area (TPSA) is 89.8 Å². The summed E-state index contributed by atoms with van der Waals surface area (Å²) < 4.78 is 29.6. The third-order valence-electron chi connectivity index (χ3n) is 5.39. The molecule has 0 amide bonds. The number of fused-ring (bicyclic) bond motifs is 1. The molecular weight excluding hydrogens is 388 g/mol. The van der Waals surface area contributed by atoms with Crippen molar-refractivity contribution in [1.82, 2.24) is 0 Å². The van der Waals surface area contributed by atoms with Crippen molar-refractivity contribution in [2.24, 2.45) is 5.92 Å². The molecule has 27 heavy (non-hydrogen) atoms. The highest BCUT2D eigenvalue weighted by Gasteiger charge is 2.46. The van der Waals surface area contributed by atoms with Gasteiger partial charge in [0, 0.05) is 43.4 Å². The van der Waals surface area contributed by atoms with E-state index < -0.39 is 14.8 Å². The molecule has 2 saturated heterocycles. The summed E-state index contributed by atoms with van der Waals surface area (Å²) in [5.41, 5.74) is 1.06. The second-order valence-electron chi connectivity index (χ2n) is 7.05. The Hall–Kier alpha value is -1.97. The van der Waals surface area contributed by atoms with Crippen LogP contribution in [0, 0.1) is 16.0 Å². The highest BCUT2D eigenvalue weighted by Crippen LogP contribution is 2.48. The van der Waals surface area contributed by atoms with Crippen LogP contribution in [0.15, 0.2) is 40.6 Å². The number of nitrogens with zero attached hydrogens (tertiary/aromatic N) is 2. The summed E-state index contributed by atoms with van der Waals surface area (Å²) in [5.74, 6) is 0.421. The first-order valence-corrected chi connectivity index (χ1v) is 11.4. The fraction of sp³-hybridized carbons (Fsp3) is 0.444. The maximum absolute atomic E-state index is 12.0. The first-order valence-electron chi connectivity index (χ1n) is 8.74. The molecule has 0 bridgehead atoms.